The summed E-state index contributed by atoms with van der Waals surface area (Å²) >= 11 is 0. The van der Waals surface area contributed by atoms with E-state index in [-0.39, 0.29) is 24.0 Å². The van der Waals surface area contributed by atoms with Crippen molar-refractivity contribution in [1.82, 2.24) is 9.78 Å². The fourth-order valence-corrected chi connectivity index (χ4v) is 5.45. The van der Waals surface area contributed by atoms with Gasteiger partial charge in [0.25, 0.3) is 5.91 Å². The van der Waals surface area contributed by atoms with Crippen LogP contribution in [0.1, 0.15) is 30.7 Å². The number of anilines is 1. The van der Waals surface area contributed by atoms with Gasteiger partial charge in [-0.3, -0.25) is 9.59 Å². The molecule has 0 bridgehead atoms. The van der Waals surface area contributed by atoms with E-state index in [1.165, 1.54) is 5.56 Å². The van der Waals surface area contributed by atoms with Crippen LogP contribution in [0.5, 0.6) is 5.75 Å². The second-order valence-electron chi connectivity index (χ2n) is 9.92. The molecule has 0 spiro atoms. The van der Waals surface area contributed by atoms with Gasteiger partial charge in [-0.25, -0.2) is 4.68 Å². The normalized spacial score (nSPS) is 14.5. The first-order chi connectivity index (χ1) is 18.9. The zero-order valence-corrected chi connectivity index (χ0v) is 22.2. The van der Waals surface area contributed by atoms with Crippen molar-refractivity contribution in [3.63, 3.8) is 0 Å². The number of fused-ring (bicyclic) bond motifs is 2. The molecule has 0 saturated carbocycles. The lowest BCUT2D eigenvalue weighted by Crippen LogP contribution is -2.39. The van der Waals surface area contributed by atoms with Crippen molar-refractivity contribution >= 4 is 22.6 Å². The van der Waals surface area contributed by atoms with E-state index in [2.05, 4.69) is 11.2 Å². The second-order valence-corrected chi connectivity index (χ2v) is 9.92. The molecular weight excluding hydrogens is 490 g/mol. The van der Waals surface area contributed by atoms with Crippen molar-refractivity contribution in [2.45, 2.75) is 39.7 Å². The van der Waals surface area contributed by atoms with Crippen LogP contribution >= 0.6 is 0 Å². The summed E-state index contributed by atoms with van der Waals surface area (Å²) in [5, 5.41) is 4.92. The Morgan fingerprint density at radius 1 is 1.10 bits per heavy atom. The molecule has 0 aliphatic carbocycles. The lowest BCUT2D eigenvalue weighted by molar-refractivity contribution is -0.120. The fourth-order valence-electron chi connectivity index (χ4n) is 5.45. The molecular formula is C32H29N3O4. The van der Waals surface area contributed by atoms with Crippen LogP contribution in [-0.4, -0.2) is 28.3 Å². The lowest BCUT2D eigenvalue weighted by atomic mass is 10.0. The van der Waals surface area contributed by atoms with Crippen molar-refractivity contribution < 1.29 is 13.9 Å². The SMILES string of the molecule is CCc1cc2c(=O)c(-c3cnn(-c4ccccc4)c3)c(C)oc2cc1OCC(=O)N1c2ccccc2C[C@@H]1C. The largest absolute Gasteiger partial charge is 0.483 e. The Morgan fingerprint density at radius 3 is 2.67 bits per heavy atom. The fraction of sp³-hybridized carbons (Fsp3) is 0.219. The number of aromatic nitrogens is 2. The number of para-hydroxylation sites is 2. The van der Waals surface area contributed by atoms with Gasteiger partial charge in [-0.2, -0.15) is 5.10 Å². The van der Waals surface area contributed by atoms with Crippen LogP contribution in [0.3, 0.4) is 0 Å². The van der Waals surface area contributed by atoms with Gasteiger partial charge in [0.2, 0.25) is 5.43 Å². The van der Waals surface area contributed by atoms with Crippen molar-refractivity contribution in [1.29, 1.82) is 0 Å². The minimum Gasteiger partial charge on any atom is -0.483 e. The molecule has 1 aliphatic heterocycles. The van der Waals surface area contributed by atoms with Gasteiger partial charge in [0, 0.05) is 29.6 Å². The summed E-state index contributed by atoms with van der Waals surface area (Å²) in [5.41, 5.74) is 5.33. The summed E-state index contributed by atoms with van der Waals surface area (Å²) < 4.78 is 13.9. The zero-order chi connectivity index (χ0) is 27.1. The number of aryl methyl sites for hydroxylation is 2. The van der Waals surface area contributed by atoms with Gasteiger partial charge in [0.15, 0.2) is 6.61 Å². The summed E-state index contributed by atoms with van der Waals surface area (Å²) in [7, 11) is 0. The number of nitrogens with zero attached hydrogens (tertiary/aromatic N) is 3. The Balaban J connectivity index is 1.30. The maximum absolute atomic E-state index is 13.7. The Labute approximate surface area is 226 Å². The Kier molecular flexibility index (Phi) is 6.27. The van der Waals surface area contributed by atoms with Crippen molar-refractivity contribution in [2.75, 3.05) is 11.5 Å². The summed E-state index contributed by atoms with van der Waals surface area (Å²) in [6.07, 6.45) is 4.98. The average molecular weight is 520 g/mol. The maximum Gasteiger partial charge on any atom is 0.265 e. The minimum absolute atomic E-state index is 0.0751. The van der Waals surface area contributed by atoms with E-state index in [1.54, 1.807) is 23.9 Å². The molecule has 6 rings (SSSR count). The molecule has 1 aliphatic rings. The monoisotopic (exact) mass is 519 g/mol. The molecule has 2 aromatic heterocycles. The first-order valence-corrected chi connectivity index (χ1v) is 13.2. The van der Waals surface area contributed by atoms with Crippen molar-refractivity contribution in [3.8, 4) is 22.6 Å². The number of rotatable bonds is 6. The van der Waals surface area contributed by atoms with E-state index in [0.29, 0.717) is 40.0 Å². The summed E-state index contributed by atoms with van der Waals surface area (Å²) in [6, 6.07) is 21.3. The number of hydrogen-bond donors (Lipinski definition) is 0. The van der Waals surface area contributed by atoms with E-state index in [1.807, 2.05) is 79.5 Å². The molecule has 0 saturated heterocycles. The predicted octanol–water partition coefficient (Wildman–Crippen LogP) is 5.87. The quantitative estimate of drug-likeness (QED) is 0.280. The number of carbonyl (C=O) groups is 1. The third kappa shape index (κ3) is 4.40. The first kappa shape index (κ1) is 24.7. The van der Waals surface area contributed by atoms with Crippen LogP contribution in [0, 0.1) is 6.92 Å². The van der Waals surface area contributed by atoms with Crippen molar-refractivity contribution in [3.05, 3.63) is 106 Å². The van der Waals surface area contributed by atoms with Crippen LogP contribution in [0.2, 0.25) is 0 Å². The van der Waals surface area contributed by atoms with Gasteiger partial charge < -0.3 is 14.1 Å². The smallest absolute Gasteiger partial charge is 0.265 e. The van der Waals surface area contributed by atoms with Gasteiger partial charge in [0.1, 0.15) is 17.1 Å². The summed E-state index contributed by atoms with van der Waals surface area (Å²) in [6.45, 7) is 5.72. The van der Waals surface area contributed by atoms with Crippen LogP contribution in [0.4, 0.5) is 5.69 Å². The van der Waals surface area contributed by atoms with Crippen molar-refractivity contribution in [2.24, 2.45) is 0 Å². The molecule has 0 unspecified atom stereocenters. The molecule has 39 heavy (non-hydrogen) atoms. The van der Waals surface area contributed by atoms with Gasteiger partial charge in [-0.05, 0) is 62.1 Å². The average Bonchev–Trinajstić information content (AvgIpc) is 3.56. The number of carbonyl (C=O) groups excluding carboxylic acids is 1. The highest BCUT2D eigenvalue weighted by atomic mass is 16.5. The van der Waals surface area contributed by atoms with E-state index >= 15 is 0 Å². The minimum atomic E-state index is -0.124. The molecule has 0 fully saturated rings. The molecule has 0 radical (unpaired) electrons. The van der Waals surface area contributed by atoms with Gasteiger partial charge in [-0.15, -0.1) is 0 Å². The molecule has 0 N–H and O–H groups in total. The Bertz CT molecular complexity index is 1750. The van der Waals surface area contributed by atoms with Crippen LogP contribution in [0.25, 0.3) is 27.8 Å². The van der Waals surface area contributed by atoms with E-state index in [0.717, 1.165) is 23.4 Å². The maximum atomic E-state index is 13.7. The Morgan fingerprint density at radius 2 is 1.87 bits per heavy atom. The zero-order valence-electron chi connectivity index (χ0n) is 22.2. The molecule has 1 amide bonds. The molecule has 196 valence electrons. The van der Waals surface area contributed by atoms with Gasteiger partial charge in [-0.1, -0.05) is 43.3 Å². The molecule has 1 atom stereocenters. The number of amides is 1. The van der Waals surface area contributed by atoms with Gasteiger partial charge >= 0.3 is 0 Å². The highest BCUT2D eigenvalue weighted by Crippen LogP contribution is 2.33. The second kappa shape index (κ2) is 9.91. The molecule has 7 heteroatoms. The lowest BCUT2D eigenvalue weighted by Gasteiger charge is -2.23. The molecule has 3 heterocycles. The predicted molar refractivity (Wildman–Crippen MR) is 152 cm³/mol. The van der Waals surface area contributed by atoms with Gasteiger partial charge in [0.05, 0.1) is 22.8 Å². The highest BCUT2D eigenvalue weighted by molar-refractivity contribution is 5.97. The number of benzene rings is 3. The summed E-state index contributed by atoms with van der Waals surface area (Å²) in [4.78, 5) is 28.7. The summed E-state index contributed by atoms with van der Waals surface area (Å²) in [5.74, 6) is 0.942. The van der Waals surface area contributed by atoms with E-state index < -0.39 is 0 Å². The van der Waals surface area contributed by atoms with E-state index in [9.17, 15) is 9.59 Å². The van der Waals surface area contributed by atoms with E-state index in [4.69, 9.17) is 9.15 Å². The van der Waals surface area contributed by atoms with Crippen LogP contribution in [0.15, 0.2) is 88.3 Å². The Hall–Kier alpha value is -4.65. The number of hydrogen-bond acceptors (Lipinski definition) is 5. The highest BCUT2D eigenvalue weighted by Gasteiger charge is 2.31. The van der Waals surface area contributed by atoms with Crippen LogP contribution < -0.4 is 15.1 Å². The topological polar surface area (TPSA) is 77.6 Å². The molecule has 3 aromatic carbocycles. The standard InChI is InChI=1S/C32H29N3O4/c1-4-22-15-26-29(16-28(22)38-19-30(36)35-20(2)14-23-10-8-9-13-27(23)35)39-21(3)31(32(26)37)24-17-33-34(18-24)25-11-6-5-7-12-25/h5-13,15-18,20H,4,14,19H2,1-3H3/t20-/m0/s1. The third-order valence-corrected chi connectivity index (χ3v) is 7.35. The third-order valence-electron chi connectivity index (χ3n) is 7.35. The molecule has 7 nitrogen and oxygen atoms in total. The number of ether oxygens (including phenoxy) is 1. The first-order valence-electron chi connectivity index (χ1n) is 13.2. The molecule has 5 aromatic rings. The van der Waals surface area contributed by atoms with Crippen LogP contribution in [-0.2, 0) is 17.6 Å².